The summed E-state index contributed by atoms with van der Waals surface area (Å²) in [6, 6.07) is 10.0. The van der Waals surface area contributed by atoms with Crippen LogP contribution in [0.3, 0.4) is 0 Å². The van der Waals surface area contributed by atoms with Gasteiger partial charge in [0.2, 0.25) is 0 Å². The van der Waals surface area contributed by atoms with Crippen molar-refractivity contribution >= 4 is 0 Å². The number of rotatable bonds is 8. The third-order valence-corrected chi connectivity index (χ3v) is 7.35. The summed E-state index contributed by atoms with van der Waals surface area (Å²) in [7, 11) is 0. The van der Waals surface area contributed by atoms with E-state index in [9.17, 15) is 10.2 Å². The number of nitrogens with two attached hydrogens (primary N) is 1. The first-order chi connectivity index (χ1) is 13.1. The molecule has 0 heterocycles. The molecule has 0 bridgehead atoms. The number of benzene rings is 1. The number of hydrogen-bond donors (Lipinski definition) is 3. The molecule has 0 spiro atoms. The highest BCUT2D eigenvalue weighted by Crippen LogP contribution is 2.44. The second-order valence-corrected chi connectivity index (χ2v) is 9.15. The quantitative estimate of drug-likeness (QED) is 0.599. The minimum atomic E-state index is -0.491. The van der Waals surface area contributed by atoms with Crippen LogP contribution in [0.4, 0.5) is 0 Å². The lowest BCUT2D eigenvalue weighted by Crippen LogP contribution is -3.00. The molecule has 0 radical (unpaired) electrons. The van der Waals surface area contributed by atoms with Crippen molar-refractivity contribution in [1.29, 1.82) is 0 Å². The Hall–Kier alpha value is -0.610. The maximum absolute atomic E-state index is 11.8. The van der Waals surface area contributed by atoms with Crippen LogP contribution in [-0.2, 0) is 0 Å². The lowest BCUT2D eigenvalue weighted by atomic mass is 9.65. The van der Waals surface area contributed by atoms with Gasteiger partial charge in [-0.1, -0.05) is 68.9 Å². The molecule has 0 saturated heterocycles. The highest BCUT2D eigenvalue weighted by atomic mass is 35.5. The molecule has 2 saturated carbocycles. The molecule has 3 rings (SSSR count). The second-order valence-electron chi connectivity index (χ2n) is 9.15. The summed E-state index contributed by atoms with van der Waals surface area (Å²) in [5, 5.41) is 24.7. The van der Waals surface area contributed by atoms with Crippen molar-refractivity contribution in [3.8, 4) is 0 Å². The summed E-state index contributed by atoms with van der Waals surface area (Å²) in [5.74, 6) is 0.967. The summed E-state index contributed by atoms with van der Waals surface area (Å²) in [4.78, 5) is 0. The lowest BCUT2D eigenvalue weighted by molar-refractivity contribution is -0.696. The van der Waals surface area contributed by atoms with Gasteiger partial charge in [0.1, 0.15) is 12.1 Å². The second kappa shape index (κ2) is 11.5. The fourth-order valence-electron chi connectivity index (χ4n) is 5.61. The highest BCUT2D eigenvalue weighted by Gasteiger charge is 2.44. The van der Waals surface area contributed by atoms with E-state index in [2.05, 4.69) is 12.2 Å². The van der Waals surface area contributed by atoms with E-state index in [4.69, 9.17) is 0 Å². The van der Waals surface area contributed by atoms with Crippen molar-refractivity contribution in [2.75, 3.05) is 6.54 Å². The Bertz CT molecular complexity index is 523. The smallest absolute Gasteiger partial charge is 0.130 e. The lowest BCUT2D eigenvalue weighted by Gasteiger charge is -2.45. The van der Waals surface area contributed by atoms with E-state index in [-0.39, 0.29) is 18.4 Å². The Morgan fingerprint density at radius 2 is 1.43 bits per heavy atom. The molecule has 0 aromatic heterocycles. The van der Waals surface area contributed by atoms with Crippen LogP contribution >= 0.6 is 0 Å². The molecule has 2 aliphatic rings. The number of aliphatic hydroxyl groups is 2. The predicted molar refractivity (Wildman–Crippen MR) is 110 cm³/mol. The predicted octanol–water partition coefficient (Wildman–Crippen LogP) is 0.958. The van der Waals surface area contributed by atoms with Gasteiger partial charge in [-0.2, -0.15) is 0 Å². The summed E-state index contributed by atoms with van der Waals surface area (Å²) in [6.07, 6.45) is 13.0. The van der Waals surface area contributed by atoms with E-state index >= 15 is 0 Å². The van der Waals surface area contributed by atoms with Crippen LogP contribution in [0.1, 0.15) is 89.2 Å². The van der Waals surface area contributed by atoms with E-state index < -0.39 is 11.7 Å². The average molecular weight is 410 g/mol. The van der Waals surface area contributed by atoms with Gasteiger partial charge >= 0.3 is 0 Å². The number of halogens is 1. The maximum atomic E-state index is 11.8. The molecular weight excluding hydrogens is 370 g/mol. The zero-order chi connectivity index (χ0) is 19.1. The van der Waals surface area contributed by atoms with Crippen LogP contribution in [0.5, 0.6) is 0 Å². The van der Waals surface area contributed by atoms with Crippen molar-refractivity contribution in [1.82, 2.24) is 0 Å². The topological polar surface area (TPSA) is 57.1 Å². The van der Waals surface area contributed by atoms with E-state index in [1.54, 1.807) is 0 Å². The molecule has 4 heteroatoms. The number of quaternary nitrogens is 1. The molecule has 160 valence electrons. The Morgan fingerprint density at radius 1 is 0.929 bits per heavy atom. The fraction of sp³-hybridized carbons (Fsp3) is 0.750. The van der Waals surface area contributed by atoms with Gasteiger partial charge in [-0.05, 0) is 50.0 Å². The van der Waals surface area contributed by atoms with E-state index in [1.165, 1.54) is 64.2 Å². The van der Waals surface area contributed by atoms with Crippen LogP contribution in [0.25, 0.3) is 0 Å². The van der Waals surface area contributed by atoms with Crippen molar-refractivity contribution in [2.24, 2.45) is 11.8 Å². The number of hydrogen-bond acceptors (Lipinski definition) is 2. The third kappa shape index (κ3) is 5.95. The molecule has 0 aliphatic heterocycles. The van der Waals surface area contributed by atoms with Gasteiger partial charge in [0.25, 0.3) is 0 Å². The first kappa shape index (κ1) is 23.7. The molecule has 2 aliphatic carbocycles. The molecule has 1 aromatic carbocycles. The average Bonchev–Trinajstić information content (AvgIpc) is 2.75. The summed E-state index contributed by atoms with van der Waals surface area (Å²) in [5.41, 5.74) is 0.491. The molecule has 2 fully saturated rings. The molecule has 0 amide bonds. The monoisotopic (exact) mass is 409 g/mol. The van der Waals surface area contributed by atoms with E-state index in [0.717, 1.165) is 18.5 Å². The van der Waals surface area contributed by atoms with Crippen LogP contribution < -0.4 is 17.7 Å². The molecule has 3 nitrogen and oxygen atoms in total. The third-order valence-electron chi connectivity index (χ3n) is 7.35. The fourth-order valence-corrected chi connectivity index (χ4v) is 5.61. The van der Waals surface area contributed by atoms with Gasteiger partial charge in [-0.3, -0.25) is 0 Å². The summed E-state index contributed by atoms with van der Waals surface area (Å²) in [6.45, 7) is 2.99. The van der Waals surface area contributed by atoms with E-state index in [0.29, 0.717) is 11.8 Å². The Balaban J connectivity index is 0.00000280. The Labute approximate surface area is 177 Å². The van der Waals surface area contributed by atoms with Crippen molar-refractivity contribution in [3.05, 3.63) is 35.9 Å². The Morgan fingerprint density at radius 3 is 1.93 bits per heavy atom. The van der Waals surface area contributed by atoms with Crippen molar-refractivity contribution < 1.29 is 27.9 Å². The van der Waals surface area contributed by atoms with Crippen LogP contribution in [0.2, 0.25) is 0 Å². The maximum Gasteiger partial charge on any atom is 0.130 e. The Kier molecular flexibility index (Phi) is 9.76. The van der Waals surface area contributed by atoms with Gasteiger partial charge < -0.3 is 27.9 Å². The van der Waals surface area contributed by atoms with Gasteiger partial charge in [0.05, 0.1) is 12.1 Å². The van der Waals surface area contributed by atoms with Gasteiger partial charge in [0, 0.05) is 6.42 Å². The zero-order valence-electron chi connectivity index (χ0n) is 17.5. The largest absolute Gasteiger partial charge is 1.00 e. The minimum absolute atomic E-state index is 0. The first-order valence-electron chi connectivity index (χ1n) is 11.4. The van der Waals surface area contributed by atoms with Crippen molar-refractivity contribution in [3.63, 3.8) is 0 Å². The zero-order valence-corrected chi connectivity index (χ0v) is 18.3. The standard InChI is InChI=1S/C24H39NO2.ClH/c1-19(23(26)20-11-5-2-6-12-20)25-18-17-24(27,21-13-7-3-8-14-21)22-15-9-4-10-16-22;/h2,5-6,11-12,19,21-23,25-27H,3-4,7-10,13-18H2,1H3;1H. The van der Waals surface area contributed by atoms with Crippen LogP contribution in [0.15, 0.2) is 30.3 Å². The van der Waals surface area contributed by atoms with E-state index in [1.807, 2.05) is 30.3 Å². The molecule has 4 N–H and O–H groups in total. The molecule has 1 aromatic rings. The highest BCUT2D eigenvalue weighted by molar-refractivity contribution is 5.17. The van der Waals surface area contributed by atoms with Crippen molar-refractivity contribution in [2.45, 2.75) is 95.3 Å². The molecule has 2 atom stereocenters. The molecule has 28 heavy (non-hydrogen) atoms. The molecular formula is C24H40ClNO2. The number of aliphatic hydroxyl groups excluding tert-OH is 1. The van der Waals surface area contributed by atoms with Crippen LogP contribution in [-0.4, -0.2) is 28.4 Å². The van der Waals surface area contributed by atoms with Crippen LogP contribution in [0, 0.1) is 11.8 Å². The van der Waals surface area contributed by atoms with Gasteiger partial charge in [0.15, 0.2) is 0 Å². The SMILES string of the molecule is CC([NH2+]CCC(O)(C1CCCCC1)C1CCCCC1)C(O)c1ccccc1.[Cl-]. The minimum Gasteiger partial charge on any atom is -1.00 e. The normalized spacial score (nSPS) is 21.7. The summed E-state index contributed by atoms with van der Waals surface area (Å²) < 4.78 is 0. The van der Waals surface area contributed by atoms with Gasteiger partial charge in [-0.15, -0.1) is 0 Å². The first-order valence-corrected chi connectivity index (χ1v) is 11.4. The summed E-state index contributed by atoms with van der Waals surface area (Å²) >= 11 is 0. The molecule has 2 unspecified atom stereocenters. The van der Waals surface area contributed by atoms with Gasteiger partial charge in [-0.25, -0.2) is 0 Å².